The second-order valence-corrected chi connectivity index (χ2v) is 6.64. The topological polar surface area (TPSA) is 86.7 Å². The van der Waals surface area contributed by atoms with E-state index in [1.54, 1.807) is 7.05 Å². The van der Waals surface area contributed by atoms with Crippen LogP contribution in [0.4, 0.5) is 0 Å². The minimum Gasteiger partial charge on any atom is -0.481 e. The van der Waals surface area contributed by atoms with E-state index in [1.165, 1.54) is 11.4 Å². The number of likely N-dealkylation sites (N-methyl/N-ethyl adjacent to an activating group) is 2. The van der Waals surface area contributed by atoms with Gasteiger partial charge in [-0.3, -0.25) is 4.79 Å². The molecule has 0 aromatic carbocycles. The monoisotopic (exact) mass is 264 g/mol. The molecule has 1 aliphatic carbocycles. The molecule has 0 amide bonds. The maximum Gasteiger partial charge on any atom is 0.307 e. The van der Waals surface area contributed by atoms with Gasteiger partial charge in [0.1, 0.15) is 0 Å². The van der Waals surface area contributed by atoms with Crippen molar-refractivity contribution in [2.45, 2.75) is 24.5 Å². The number of carbonyl (C=O) groups is 1. The van der Waals surface area contributed by atoms with E-state index in [-0.39, 0.29) is 0 Å². The van der Waals surface area contributed by atoms with Gasteiger partial charge in [0.15, 0.2) is 0 Å². The number of hydrogen-bond donors (Lipinski definition) is 2. The first kappa shape index (κ1) is 14.4. The van der Waals surface area contributed by atoms with Crippen molar-refractivity contribution in [2.24, 2.45) is 5.92 Å². The van der Waals surface area contributed by atoms with Crippen molar-refractivity contribution in [3.05, 3.63) is 0 Å². The van der Waals surface area contributed by atoms with Gasteiger partial charge in [0.2, 0.25) is 10.0 Å². The fourth-order valence-electron chi connectivity index (χ4n) is 2.19. The van der Waals surface area contributed by atoms with Gasteiger partial charge in [0.25, 0.3) is 0 Å². The highest BCUT2D eigenvalue weighted by atomic mass is 32.2. The molecule has 0 aromatic heterocycles. The van der Waals surface area contributed by atoms with Crippen LogP contribution < -0.4 is 5.32 Å². The third-order valence-corrected chi connectivity index (χ3v) is 5.64. The Balaban J connectivity index is 2.78. The lowest BCUT2D eigenvalue weighted by molar-refractivity contribution is -0.141. The first-order valence-corrected chi connectivity index (χ1v) is 7.24. The van der Waals surface area contributed by atoms with Crippen LogP contribution in [-0.4, -0.2) is 56.2 Å². The van der Waals surface area contributed by atoms with Crippen molar-refractivity contribution in [2.75, 3.05) is 27.2 Å². The number of aliphatic carboxylic acids is 1. The summed E-state index contributed by atoms with van der Waals surface area (Å²) in [5, 5.41) is 11.1. The van der Waals surface area contributed by atoms with E-state index in [2.05, 4.69) is 5.32 Å². The van der Waals surface area contributed by atoms with E-state index in [1.807, 2.05) is 0 Å². The molecule has 7 heteroatoms. The lowest BCUT2D eigenvalue weighted by atomic mass is 10.1. The molecule has 1 saturated carbocycles. The van der Waals surface area contributed by atoms with Crippen LogP contribution in [0.2, 0.25) is 0 Å². The first-order chi connectivity index (χ1) is 7.91. The van der Waals surface area contributed by atoms with E-state index < -0.39 is 27.2 Å². The molecule has 0 saturated heterocycles. The zero-order valence-electron chi connectivity index (χ0n) is 10.2. The van der Waals surface area contributed by atoms with Crippen LogP contribution in [0.1, 0.15) is 19.3 Å². The van der Waals surface area contributed by atoms with Crippen molar-refractivity contribution in [1.82, 2.24) is 9.62 Å². The van der Waals surface area contributed by atoms with Gasteiger partial charge in [0, 0.05) is 20.1 Å². The lowest BCUT2D eigenvalue weighted by Crippen LogP contribution is -2.42. The SMILES string of the molecule is CNCCN(C)S(=O)(=O)C1CCCC1C(=O)O. The Morgan fingerprint density at radius 2 is 2.12 bits per heavy atom. The Kier molecular flexibility index (Phi) is 4.91. The van der Waals surface area contributed by atoms with Gasteiger partial charge < -0.3 is 10.4 Å². The molecule has 0 aliphatic heterocycles. The van der Waals surface area contributed by atoms with Crippen molar-refractivity contribution in [1.29, 1.82) is 0 Å². The third kappa shape index (κ3) is 3.17. The number of nitrogens with zero attached hydrogens (tertiary/aromatic N) is 1. The maximum atomic E-state index is 12.2. The number of rotatable bonds is 6. The Hall–Kier alpha value is -0.660. The Labute approximate surface area is 102 Å². The molecule has 1 rings (SSSR count). The third-order valence-electron chi connectivity index (χ3n) is 3.26. The molecule has 6 nitrogen and oxygen atoms in total. The second-order valence-electron chi connectivity index (χ2n) is 4.38. The highest BCUT2D eigenvalue weighted by molar-refractivity contribution is 7.89. The van der Waals surface area contributed by atoms with Crippen molar-refractivity contribution in [3.63, 3.8) is 0 Å². The van der Waals surface area contributed by atoms with E-state index in [9.17, 15) is 13.2 Å². The molecule has 17 heavy (non-hydrogen) atoms. The second kappa shape index (κ2) is 5.79. The highest BCUT2D eigenvalue weighted by Gasteiger charge is 2.43. The summed E-state index contributed by atoms with van der Waals surface area (Å²) in [6.07, 6.45) is 1.57. The van der Waals surface area contributed by atoms with Gasteiger partial charge in [-0.25, -0.2) is 12.7 Å². The van der Waals surface area contributed by atoms with Gasteiger partial charge in [-0.1, -0.05) is 6.42 Å². The van der Waals surface area contributed by atoms with Crippen molar-refractivity contribution in [3.8, 4) is 0 Å². The Morgan fingerprint density at radius 1 is 1.47 bits per heavy atom. The minimum absolute atomic E-state index is 0.363. The van der Waals surface area contributed by atoms with Gasteiger partial charge in [-0.05, 0) is 19.9 Å². The average Bonchev–Trinajstić information content (AvgIpc) is 2.75. The van der Waals surface area contributed by atoms with Gasteiger partial charge in [-0.2, -0.15) is 0 Å². The van der Waals surface area contributed by atoms with E-state index >= 15 is 0 Å². The zero-order valence-corrected chi connectivity index (χ0v) is 11.0. The minimum atomic E-state index is -3.49. The number of sulfonamides is 1. The summed E-state index contributed by atoms with van der Waals surface area (Å²) in [4.78, 5) is 11.0. The lowest BCUT2D eigenvalue weighted by Gasteiger charge is -2.23. The molecule has 1 aliphatic rings. The molecule has 0 spiro atoms. The summed E-state index contributed by atoms with van der Waals surface area (Å²) in [7, 11) is -0.243. The average molecular weight is 264 g/mol. The van der Waals surface area contributed by atoms with E-state index in [4.69, 9.17) is 5.11 Å². The first-order valence-electron chi connectivity index (χ1n) is 5.73. The van der Waals surface area contributed by atoms with Crippen LogP contribution in [0.15, 0.2) is 0 Å². The molecule has 0 radical (unpaired) electrons. The van der Waals surface area contributed by atoms with E-state index in [0.717, 1.165) is 0 Å². The quantitative estimate of drug-likeness (QED) is 0.689. The summed E-state index contributed by atoms with van der Waals surface area (Å²) in [5.41, 5.74) is 0. The van der Waals surface area contributed by atoms with Crippen LogP contribution in [0, 0.1) is 5.92 Å². The van der Waals surface area contributed by atoms with Crippen molar-refractivity contribution >= 4 is 16.0 Å². The Morgan fingerprint density at radius 3 is 2.65 bits per heavy atom. The molecule has 0 bridgehead atoms. The smallest absolute Gasteiger partial charge is 0.307 e. The molecule has 0 heterocycles. The molecular weight excluding hydrogens is 244 g/mol. The number of carboxylic acids is 1. The molecule has 1 fully saturated rings. The molecule has 100 valence electrons. The molecule has 2 atom stereocenters. The summed E-state index contributed by atoms with van der Waals surface area (Å²) in [6.45, 7) is 0.919. The normalized spacial score (nSPS) is 25.4. The Bertz CT molecular complexity index is 369. The summed E-state index contributed by atoms with van der Waals surface area (Å²) in [5.74, 6) is -1.75. The van der Waals surface area contributed by atoms with Gasteiger partial charge in [-0.15, -0.1) is 0 Å². The van der Waals surface area contributed by atoms with Crippen LogP contribution in [-0.2, 0) is 14.8 Å². The number of hydrogen-bond acceptors (Lipinski definition) is 4. The standard InChI is InChI=1S/C10H20N2O4S/c1-11-6-7-12(2)17(15,16)9-5-3-4-8(9)10(13)14/h8-9,11H,3-7H2,1-2H3,(H,13,14). The van der Waals surface area contributed by atoms with Crippen LogP contribution >= 0.6 is 0 Å². The number of carboxylic acid groups (broad SMARTS) is 1. The van der Waals surface area contributed by atoms with Gasteiger partial charge >= 0.3 is 5.97 Å². The van der Waals surface area contributed by atoms with Crippen LogP contribution in [0.5, 0.6) is 0 Å². The fourth-order valence-corrected chi connectivity index (χ4v) is 4.13. The van der Waals surface area contributed by atoms with Crippen LogP contribution in [0.25, 0.3) is 0 Å². The largest absolute Gasteiger partial charge is 0.481 e. The zero-order chi connectivity index (χ0) is 13.1. The summed E-state index contributed by atoms with van der Waals surface area (Å²) >= 11 is 0. The predicted octanol–water partition coefficient (Wildman–Crippen LogP) is -0.279. The predicted molar refractivity (Wildman–Crippen MR) is 64.2 cm³/mol. The highest BCUT2D eigenvalue weighted by Crippen LogP contribution is 2.32. The van der Waals surface area contributed by atoms with Crippen molar-refractivity contribution < 1.29 is 18.3 Å². The number of nitrogens with one attached hydrogen (secondary N) is 1. The maximum absolute atomic E-state index is 12.2. The summed E-state index contributed by atoms with van der Waals surface area (Å²) in [6, 6.07) is 0. The molecular formula is C10H20N2O4S. The van der Waals surface area contributed by atoms with Crippen LogP contribution in [0.3, 0.4) is 0 Å². The molecule has 0 aromatic rings. The van der Waals surface area contributed by atoms with Gasteiger partial charge in [0.05, 0.1) is 11.2 Å². The molecule has 2 N–H and O–H groups in total. The fraction of sp³-hybridized carbons (Fsp3) is 0.900. The molecule has 2 unspecified atom stereocenters. The van der Waals surface area contributed by atoms with E-state index in [0.29, 0.717) is 32.4 Å². The summed E-state index contributed by atoms with van der Waals surface area (Å²) < 4.78 is 25.6.